The number of benzene rings is 1. The van der Waals surface area contributed by atoms with Crippen molar-refractivity contribution in [2.45, 2.75) is 50.2 Å². The Balaban J connectivity index is 1.74. The molecule has 114 valence electrons. The van der Waals surface area contributed by atoms with Crippen LogP contribution in [-0.4, -0.2) is 29.4 Å². The molecule has 1 spiro atoms. The molecule has 0 bridgehead atoms. The molecule has 1 aromatic rings. The van der Waals surface area contributed by atoms with Crippen molar-refractivity contribution in [1.29, 1.82) is 0 Å². The van der Waals surface area contributed by atoms with Gasteiger partial charge in [0.15, 0.2) is 0 Å². The second-order valence-electron chi connectivity index (χ2n) is 6.03. The lowest BCUT2D eigenvalue weighted by molar-refractivity contribution is -0.108. The first kappa shape index (κ1) is 14.2. The van der Waals surface area contributed by atoms with E-state index in [9.17, 15) is 4.79 Å². The van der Waals surface area contributed by atoms with Gasteiger partial charge in [0.05, 0.1) is 23.5 Å². The fourth-order valence-electron chi connectivity index (χ4n) is 3.40. The lowest BCUT2D eigenvalue weighted by Crippen LogP contribution is -2.41. The van der Waals surface area contributed by atoms with Crippen LogP contribution in [0.25, 0.3) is 0 Å². The predicted octanol–water partition coefficient (Wildman–Crippen LogP) is 2.84. The zero-order valence-electron chi connectivity index (χ0n) is 12.0. The maximum absolute atomic E-state index is 11.0. The zero-order chi connectivity index (χ0) is 14.9. The summed E-state index contributed by atoms with van der Waals surface area (Å²) in [6, 6.07) is 4.59. The second kappa shape index (κ2) is 5.56. The molecular formula is C16H21NO4. The van der Waals surface area contributed by atoms with Crippen molar-refractivity contribution >= 4 is 11.7 Å². The second-order valence-corrected chi connectivity index (χ2v) is 6.03. The molecule has 1 unspecified atom stereocenters. The van der Waals surface area contributed by atoms with E-state index in [0.717, 1.165) is 25.7 Å². The van der Waals surface area contributed by atoms with Gasteiger partial charge in [-0.05, 0) is 31.0 Å². The maximum atomic E-state index is 11.0. The molecule has 2 fully saturated rings. The van der Waals surface area contributed by atoms with Gasteiger partial charge in [-0.15, -0.1) is 0 Å². The van der Waals surface area contributed by atoms with Crippen LogP contribution >= 0.6 is 0 Å². The van der Waals surface area contributed by atoms with Crippen molar-refractivity contribution in [1.82, 2.24) is 0 Å². The average molecular weight is 291 g/mol. The minimum atomic E-state index is -0.973. The fourth-order valence-corrected chi connectivity index (χ4v) is 3.40. The minimum Gasteiger partial charge on any atom is -0.488 e. The molecule has 0 aromatic heterocycles. The summed E-state index contributed by atoms with van der Waals surface area (Å²) >= 11 is 0. The third-order valence-corrected chi connectivity index (χ3v) is 4.52. The van der Waals surface area contributed by atoms with Crippen LogP contribution in [0.1, 0.15) is 48.9 Å². The lowest BCUT2D eigenvalue weighted by atomic mass is 9.90. The summed E-state index contributed by atoms with van der Waals surface area (Å²) in [5.74, 6) is -0.506. The monoisotopic (exact) mass is 291 g/mol. The summed E-state index contributed by atoms with van der Waals surface area (Å²) in [5.41, 5.74) is 6.55. The molecule has 2 aliphatic rings. The number of hydrogen-bond donors (Lipinski definition) is 2. The van der Waals surface area contributed by atoms with Crippen LogP contribution in [0.2, 0.25) is 0 Å². The van der Waals surface area contributed by atoms with Crippen LogP contribution in [0.15, 0.2) is 18.2 Å². The van der Waals surface area contributed by atoms with E-state index in [4.69, 9.17) is 20.3 Å². The van der Waals surface area contributed by atoms with Crippen LogP contribution < -0.4 is 10.5 Å². The number of carbonyl (C=O) groups is 1. The summed E-state index contributed by atoms with van der Waals surface area (Å²) in [4.78, 5) is 11.0. The highest BCUT2D eigenvalue weighted by Gasteiger charge is 2.40. The molecular weight excluding hydrogens is 270 g/mol. The van der Waals surface area contributed by atoms with E-state index in [-0.39, 0.29) is 17.3 Å². The summed E-state index contributed by atoms with van der Waals surface area (Å²) in [7, 11) is 0. The molecule has 3 N–H and O–H groups in total. The van der Waals surface area contributed by atoms with Crippen molar-refractivity contribution in [3.05, 3.63) is 23.8 Å². The Kier molecular flexibility index (Phi) is 3.76. The molecule has 5 heteroatoms. The van der Waals surface area contributed by atoms with Crippen molar-refractivity contribution in [3.63, 3.8) is 0 Å². The number of carboxylic acids is 1. The number of nitrogen functional groups attached to an aromatic ring is 1. The molecule has 1 aromatic carbocycles. The molecule has 1 saturated heterocycles. The number of carboxylic acid groups (broad SMARTS) is 1. The Labute approximate surface area is 124 Å². The van der Waals surface area contributed by atoms with Gasteiger partial charge in [-0.25, -0.2) is 4.79 Å². The van der Waals surface area contributed by atoms with Gasteiger partial charge in [0.25, 0.3) is 0 Å². The smallest absolute Gasteiger partial charge is 0.335 e. The van der Waals surface area contributed by atoms with E-state index in [2.05, 4.69) is 0 Å². The van der Waals surface area contributed by atoms with Crippen molar-refractivity contribution in [2.75, 3.05) is 12.3 Å². The molecule has 1 aliphatic carbocycles. The van der Waals surface area contributed by atoms with Gasteiger partial charge in [0.2, 0.25) is 0 Å². The van der Waals surface area contributed by atoms with E-state index in [1.165, 1.54) is 25.0 Å². The molecule has 3 rings (SSSR count). The molecule has 1 heterocycles. The highest BCUT2D eigenvalue weighted by Crippen LogP contribution is 2.41. The maximum Gasteiger partial charge on any atom is 0.335 e. The van der Waals surface area contributed by atoms with Crippen LogP contribution in [0, 0.1) is 0 Å². The van der Waals surface area contributed by atoms with Gasteiger partial charge in [-0.2, -0.15) is 0 Å². The van der Waals surface area contributed by atoms with Crippen molar-refractivity contribution in [3.8, 4) is 5.75 Å². The fraction of sp³-hybridized carbons (Fsp3) is 0.562. The minimum absolute atomic E-state index is 0.0257. The van der Waals surface area contributed by atoms with Crippen LogP contribution in [0.5, 0.6) is 5.75 Å². The Morgan fingerprint density at radius 2 is 2.14 bits per heavy atom. The first-order valence-electron chi connectivity index (χ1n) is 7.51. The van der Waals surface area contributed by atoms with Crippen molar-refractivity contribution in [2.24, 2.45) is 0 Å². The largest absolute Gasteiger partial charge is 0.488 e. The van der Waals surface area contributed by atoms with E-state index in [1.807, 2.05) is 0 Å². The average Bonchev–Trinajstić information content (AvgIpc) is 2.89. The standard InChI is InChI=1S/C16H21NO4/c17-13-4-3-11(15(18)19)9-14(13)21-12-5-8-20-16(10-12)6-1-2-7-16/h3-4,9,12H,1-2,5-8,10,17H2,(H,18,19). The molecule has 1 atom stereocenters. The van der Waals surface area contributed by atoms with Gasteiger partial charge < -0.3 is 20.3 Å². The normalized spacial score (nSPS) is 24.1. The van der Waals surface area contributed by atoms with Gasteiger partial charge in [0.1, 0.15) is 11.9 Å². The molecule has 0 amide bonds. The van der Waals surface area contributed by atoms with Crippen LogP contribution in [0.3, 0.4) is 0 Å². The topological polar surface area (TPSA) is 81.8 Å². The Morgan fingerprint density at radius 3 is 2.86 bits per heavy atom. The Bertz CT molecular complexity index is 537. The van der Waals surface area contributed by atoms with Crippen LogP contribution in [-0.2, 0) is 4.74 Å². The highest BCUT2D eigenvalue weighted by atomic mass is 16.5. The van der Waals surface area contributed by atoms with Gasteiger partial charge in [-0.3, -0.25) is 0 Å². The summed E-state index contributed by atoms with van der Waals surface area (Å²) in [6.45, 7) is 0.698. The van der Waals surface area contributed by atoms with Gasteiger partial charge in [0, 0.05) is 12.8 Å². The summed E-state index contributed by atoms with van der Waals surface area (Å²) in [6.07, 6.45) is 6.34. The SMILES string of the molecule is Nc1ccc(C(=O)O)cc1OC1CCOC2(CCCC2)C1. The number of hydrogen-bond acceptors (Lipinski definition) is 4. The first-order chi connectivity index (χ1) is 10.1. The third-order valence-electron chi connectivity index (χ3n) is 4.52. The molecule has 21 heavy (non-hydrogen) atoms. The molecule has 5 nitrogen and oxygen atoms in total. The molecule has 1 saturated carbocycles. The highest BCUT2D eigenvalue weighted by molar-refractivity contribution is 5.89. The van der Waals surface area contributed by atoms with E-state index >= 15 is 0 Å². The lowest BCUT2D eigenvalue weighted by Gasteiger charge is -2.38. The first-order valence-corrected chi connectivity index (χ1v) is 7.51. The predicted molar refractivity (Wildman–Crippen MR) is 78.6 cm³/mol. The quantitative estimate of drug-likeness (QED) is 0.837. The summed E-state index contributed by atoms with van der Waals surface area (Å²) in [5, 5.41) is 9.06. The Hall–Kier alpha value is -1.75. The molecule has 1 aliphatic heterocycles. The van der Waals surface area contributed by atoms with Gasteiger partial charge in [-0.1, -0.05) is 12.8 Å². The van der Waals surface area contributed by atoms with E-state index in [0.29, 0.717) is 18.0 Å². The number of rotatable bonds is 3. The van der Waals surface area contributed by atoms with Crippen molar-refractivity contribution < 1.29 is 19.4 Å². The number of nitrogens with two attached hydrogens (primary N) is 1. The van der Waals surface area contributed by atoms with E-state index < -0.39 is 5.97 Å². The Morgan fingerprint density at radius 1 is 1.38 bits per heavy atom. The number of anilines is 1. The number of aromatic carboxylic acids is 1. The summed E-state index contributed by atoms with van der Waals surface area (Å²) < 4.78 is 12.0. The number of ether oxygens (including phenoxy) is 2. The van der Waals surface area contributed by atoms with Gasteiger partial charge >= 0.3 is 5.97 Å². The van der Waals surface area contributed by atoms with Crippen LogP contribution in [0.4, 0.5) is 5.69 Å². The zero-order valence-corrected chi connectivity index (χ0v) is 12.0. The molecule has 0 radical (unpaired) electrons. The van der Waals surface area contributed by atoms with E-state index in [1.54, 1.807) is 6.07 Å². The third kappa shape index (κ3) is 2.97.